The third-order valence-electron chi connectivity index (χ3n) is 4.84. The lowest BCUT2D eigenvalue weighted by Crippen LogP contribution is -2.03. The molecule has 0 saturated heterocycles. The van der Waals surface area contributed by atoms with Crippen LogP contribution in [-0.4, -0.2) is 35.3 Å². The Bertz CT molecular complexity index is 1330. The van der Waals surface area contributed by atoms with Gasteiger partial charge in [0.05, 0.1) is 16.3 Å². The van der Waals surface area contributed by atoms with Crippen molar-refractivity contribution >= 4 is 21.7 Å². The Labute approximate surface area is 181 Å². The molecule has 0 spiro atoms. The minimum atomic E-state index is -3.40. The number of aromatic nitrogens is 2. The van der Waals surface area contributed by atoms with E-state index in [4.69, 9.17) is 5.10 Å². The molecular formula is C24H21N3O3S. The van der Waals surface area contributed by atoms with Crippen molar-refractivity contribution in [2.24, 2.45) is 4.99 Å². The quantitative estimate of drug-likeness (QED) is 0.445. The van der Waals surface area contributed by atoms with Crippen molar-refractivity contribution in [3.63, 3.8) is 0 Å². The van der Waals surface area contributed by atoms with Gasteiger partial charge in [0.15, 0.2) is 9.84 Å². The van der Waals surface area contributed by atoms with E-state index in [1.807, 2.05) is 66.9 Å². The summed E-state index contributed by atoms with van der Waals surface area (Å²) in [6.07, 6.45) is 3.44. The highest BCUT2D eigenvalue weighted by molar-refractivity contribution is 7.91. The Kier molecular flexibility index (Phi) is 5.68. The fourth-order valence-corrected chi connectivity index (χ4v) is 4.02. The highest BCUT2D eigenvalue weighted by atomic mass is 32.2. The average molecular weight is 432 g/mol. The van der Waals surface area contributed by atoms with Gasteiger partial charge < -0.3 is 5.11 Å². The molecule has 1 aromatic heterocycles. The number of phenols is 1. The number of phenolic OH excluding ortho intramolecular Hbond substituents is 1. The molecule has 0 amide bonds. The molecule has 4 aromatic rings. The van der Waals surface area contributed by atoms with Gasteiger partial charge in [-0.15, -0.1) is 0 Å². The summed E-state index contributed by atoms with van der Waals surface area (Å²) in [7, 11) is -3.40. The Morgan fingerprint density at radius 3 is 2.35 bits per heavy atom. The lowest BCUT2D eigenvalue weighted by Gasteiger charge is -2.04. The highest BCUT2D eigenvalue weighted by Gasteiger charge is 2.15. The largest absolute Gasteiger partial charge is 0.506 e. The van der Waals surface area contributed by atoms with E-state index in [2.05, 4.69) is 4.99 Å². The van der Waals surface area contributed by atoms with Crippen molar-refractivity contribution in [3.8, 4) is 22.7 Å². The molecule has 0 aliphatic heterocycles. The lowest BCUT2D eigenvalue weighted by molar-refractivity contribution is 0.476. The third kappa shape index (κ3) is 4.41. The van der Waals surface area contributed by atoms with E-state index in [0.717, 1.165) is 22.5 Å². The van der Waals surface area contributed by atoms with Crippen LogP contribution in [0.4, 0.5) is 5.69 Å². The molecule has 0 radical (unpaired) electrons. The topological polar surface area (TPSA) is 84.5 Å². The SMILES string of the molecule is CCS(=O)(=O)c1ccc(O)c(N=Cc2cn(-c3ccccc3)nc2-c2ccccc2)c1. The van der Waals surface area contributed by atoms with Gasteiger partial charge >= 0.3 is 0 Å². The van der Waals surface area contributed by atoms with Crippen LogP contribution in [0, 0.1) is 0 Å². The smallest absolute Gasteiger partial charge is 0.178 e. The van der Waals surface area contributed by atoms with Crippen molar-refractivity contribution in [3.05, 3.63) is 90.6 Å². The van der Waals surface area contributed by atoms with Gasteiger partial charge in [0.1, 0.15) is 17.1 Å². The van der Waals surface area contributed by atoms with E-state index in [9.17, 15) is 13.5 Å². The van der Waals surface area contributed by atoms with Crippen molar-refractivity contribution in [1.29, 1.82) is 0 Å². The summed E-state index contributed by atoms with van der Waals surface area (Å²) < 4.78 is 26.1. The molecule has 3 aromatic carbocycles. The molecule has 1 heterocycles. The first-order valence-electron chi connectivity index (χ1n) is 9.78. The number of aliphatic imine (C=N–C) groups is 1. The molecule has 4 rings (SSSR count). The molecule has 0 saturated carbocycles. The summed E-state index contributed by atoms with van der Waals surface area (Å²) >= 11 is 0. The molecule has 6 nitrogen and oxygen atoms in total. The minimum Gasteiger partial charge on any atom is -0.506 e. The molecule has 0 unspecified atom stereocenters. The Morgan fingerprint density at radius 1 is 1.00 bits per heavy atom. The van der Waals surface area contributed by atoms with Gasteiger partial charge in [0, 0.05) is 23.5 Å². The summed E-state index contributed by atoms with van der Waals surface area (Å²) in [6.45, 7) is 1.58. The van der Waals surface area contributed by atoms with Crippen LogP contribution in [-0.2, 0) is 9.84 Å². The zero-order valence-corrected chi connectivity index (χ0v) is 17.7. The van der Waals surface area contributed by atoms with Crippen LogP contribution in [0.5, 0.6) is 5.75 Å². The van der Waals surface area contributed by atoms with E-state index in [1.165, 1.54) is 18.2 Å². The standard InChI is InChI=1S/C24H21N3O3S/c1-2-31(29,30)21-13-14-23(28)22(15-21)25-16-19-17-27(20-11-7-4-8-12-20)26-24(19)18-9-5-3-6-10-18/h3-17,28H,2H2,1H3. The van der Waals surface area contributed by atoms with Crippen LogP contribution in [0.2, 0.25) is 0 Å². The van der Waals surface area contributed by atoms with Gasteiger partial charge in [0.2, 0.25) is 0 Å². The van der Waals surface area contributed by atoms with E-state index in [1.54, 1.807) is 17.8 Å². The Hall–Kier alpha value is -3.71. The molecular weight excluding hydrogens is 410 g/mol. The molecule has 0 bridgehead atoms. The van der Waals surface area contributed by atoms with Crippen molar-refractivity contribution < 1.29 is 13.5 Å². The molecule has 1 N–H and O–H groups in total. The molecule has 0 fully saturated rings. The summed E-state index contributed by atoms with van der Waals surface area (Å²) in [6, 6.07) is 23.5. The summed E-state index contributed by atoms with van der Waals surface area (Å²) in [5.41, 5.74) is 3.47. The number of nitrogens with zero attached hydrogens (tertiary/aromatic N) is 3. The molecule has 0 aliphatic rings. The van der Waals surface area contributed by atoms with Crippen LogP contribution in [0.3, 0.4) is 0 Å². The average Bonchev–Trinajstić information content (AvgIpc) is 3.24. The first-order valence-corrected chi connectivity index (χ1v) is 11.4. The number of para-hydroxylation sites is 1. The van der Waals surface area contributed by atoms with E-state index in [0.29, 0.717) is 0 Å². The summed E-state index contributed by atoms with van der Waals surface area (Å²) in [4.78, 5) is 4.51. The zero-order chi connectivity index (χ0) is 21.8. The van der Waals surface area contributed by atoms with Gasteiger partial charge in [-0.2, -0.15) is 5.10 Å². The minimum absolute atomic E-state index is 0.0249. The number of hydrogen-bond acceptors (Lipinski definition) is 5. The van der Waals surface area contributed by atoms with E-state index in [-0.39, 0.29) is 22.1 Å². The van der Waals surface area contributed by atoms with Gasteiger partial charge in [-0.05, 0) is 30.3 Å². The van der Waals surface area contributed by atoms with Gasteiger partial charge in [-0.25, -0.2) is 13.1 Å². The predicted molar refractivity (Wildman–Crippen MR) is 122 cm³/mol. The lowest BCUT2D eigenvalue weighted by atomic mass is 10.1. The second kappa shape index (κ2) is 8.57. The maximum absolute atomic E-state index is 12.2. The monoisotopic (exact) mass is 431 g/mol. The number of hydrogen-bond donors (Lipinski definition) is 1. The molecule has 0 atom stereocenters. The molecule has 156 valence electrons. The van der Waals surface area contributed by atoms with Crippen LogP contribution in [0.15, 0.2) is 94.9 Å². The molecule has 31 heavy (non-hydrogen) atoms. The van der Waals surface area contributed by atoms with E-state index >= 15 is 0 Å². The van der Waals surface area contributed by atoms with Crippen LogP contribution < -0.4 is 0 Å². The second-order valence-corrected chi connectivity index (χ2v) is 9.17. The van der Waals surface area contributed by atoms with Crippen LogP contribution in [0.25, 0.3) is 16.9 Å². The van der Waals surface area contributed by atoms with E-state index < -0.39 is 9.84 Å². The number of rotatable bonds is 6. The number of sulfone groups is 1. The normalized spacial score (nSPS) is 11.8. The van der Waals surface area contributed by atoms with Crippen molar-refractivity contribution in [1.82, 2.24) is 9.78 Å². The van der Waals surface area contributed by atoms with Gasteiger partial charge in [0.25, 0.3) is 0 Å². The maximum Gasteiger partial charge on any atom is 0.178 e. The van der Waals surface area contributed by atoms with Gasteiger partial charge in [-0.3, -0.25) is 4.99 Å². The number of aromatic hydroxyl groups is 1. The molecule has 0 aliphatic carbocycles. The molecule has 7 heteroatoms. The maximum atomic E-state index is 12.2. The third-order valence-corrected chi connectivity index (χ3v) is 6.57. The summed E-state index contributed by atoms with van der Waals surface area (Å²) in [5.74, 6) is -0.119. The Balaban J connectivity index is 1.79. The predicted octanol–water partition coefficient (Wildman–Crippen LogP) is 4.79. The summed E-state index contributed by atoms with van der Waals surface area (Å²) in [5, 5.41) is 14.9. The fourth-order valence-electron chi connectivity index (χ4n) is 3.12. The van der Waals surface area contributed by atoms with Gasteiger partial charge in [-0.1, -0.05) is 55.5 Å². The highest BCUT2D eigenvalue weighted by Crippen LogP contribution is 2.30. The fraction of sp³-hybridized carbons (Fsp3) is 0.0833. The van der Waals surface area contributed by atoms with Crippen molar-refractivity contribution in [2.45, 2.75) is 11.8 Å². The first-order chi connectivity index (χ1) is 15.0. The first kappa shape index (κ1) is 20.6. The van der Waals surface area contributed by atoms with Crippen molar-refractivity contribution in [2.75, 3.05) is 5.75 Å². The Morgan fingerprint density at radius 2 is 1.68 bits per heavy atom. The second-order valence-electron chi connectivity index (χ2n) is 6.89. The number of benzene rings is 3. The van der Waals surface area contributed by atoms with Crippen LogP contribution >= 0.6 is 0 Å². The zero-order valence-electron chi connectivity index (χ0n) is 16.9. The van der Waals surface area contributed by atoms with Crippen LogP contribution in [0.1, 0.15) is 12.5 Å².